The Bertz CT molecular complexity index is 1050. The van der Waals surface area contributed by atoms with Crippen LogP contribution in [0.5, 0.6) is 0 Å². The first kappa shape index (κ1) is 21.3. The van der Waals surface area contributed by atoms with Gasteiger partial charge in [0.15, 0.2) is 0 Å². The van der Waals surface area contributed by atoms with Crippen LogP contribution in [0.1, 0.15) is 65.1 Å². The molecule has 31 heavy (non-hydrogen) atoms. The standard InChI is InChI=1S/C26H28N2O2S/c1-17(2)16-28-24(22-14-9-15-31-22)23(20-12-7-8-13-21(20)26(28)30)25(29)27-18(3)19-10-5-4-6-11-19/h4-15,17-18,23-24H,16H2,1-3H3,(H,27,29)/t18-,23-,24-/m0/s1. The zero-order chi connectivity index (χ0) is 22.0. The average Bonchev–Trinajstić information content (AvgIpc) is 3.30. The monoisotopic (exact) mass is 432 g/mol. The average molecular weight is 433 g/mol. The highest BCUT2D eigenvalue weighted by Crippen LogP contribution is 2.44. The highest BCUT2D eigenvalue weighted by molar-refractivity contribution is 7.10. The lowest BCUT2D eigenvalue weighted by molar-refractivity contribution is -0.125. The van der Waals surface area contributed by atoms with Crippen LogP contribution in [0, 0.1) is 5.92 Å². The number of thiophene rings is 1. The normalized spacial score (nSPS) is 19.2. The molecule has 2 heterocycles. The number of carbonyl (C=O) groups is 2. The molecule has 3 aromatic rings. The molecule has 4 rings (SSSR count). The maximum atomic E-state index is 13.7. The number of amides is 2. The van der Waals surface area contributed by atoms with Gasteiger partial charge >= 0.3 is 0 Å². The van der Waals surface area contributed by atoms with Crippen LogP contribution >= 0.6 is 11.3 Å². The van der Waals surface area contributed by atoms with Crippen LogP contribution in [0.3, 0.4) is 0 Å². The molecule has 0 radical (unpaired) electrons. The van der Waals surface area contributed by atoms with E-state index in [1.54, 1.807) is 11.3 Å². The van der Waals surface area contributed by atoms with Crippen LogP contribution in [0.2, 0.25) is 0 Å². The molecule has 0 aliphatic carbocycles. The van der Waals surface area contributed by atoms with Crippen LogP contribution in [0.4, 0.5) is 0 Å². The van der Waals surface area contributed by atoms with Gasteiger partial charge in [0, 0.05) is 17.0 Å². The van der Waals surface area contributed by atoms with Gasteiger partial charge in [0.25, 0.3) is 5.91 Å². The van der Waals surface area contributed by atoms with E-state index in [1.807, 2.05) is 83.9 Å². The van der Waals surface area contributed by atoms with Crippen molar-refractivity contribution >= 4 is 23.2 Å². The van der Waals surface area contributed by atoms with E-state index in [-0.39, 0.29) is 23.9 Å². The van der Waals surface area contributed by atoms with Gasteiger partial charge in [-0.1, -0.05) is 68.4 Å². The highest BCUT2D eigenvalue weighted by Gasteiger charge is 2.44. The lowest BCUT2D eigenvalue weighted by Gasteiger charge is -2.42. The Labute approximate surface area is 187 Å². The molecule has 0 bridgehead atoms. The molecule has 0 saturated heterocycles. The molecule has 0 saturated carbocycles. The fraction of sp³-hybridized carbons (Fsp3) is 0.308. The van der Waals surface area contributed by atoms with Gasteiger partial charge in [-0.2, -0.15) is 0 Å². The van der Waals surface area contributed by atoms with Crippen LogP contribution in [-0.2, 0) is 4.79 Å². The topological polar surface area (TPSA) is 49.4 Å². The fourth-order valence-corrected chi connectivity index (χ4v) is 5.25. The van der Waals surface area contributed by atoms with Crippen LogP contribution < -0.4 is 5.32 Å². The third kappa shape index (κ3) is 4.28. The van der Waals surface area contributed by atoms with Crippen molar-refractivity contribution in [1.29, 1.82) is 0 Å². The van der Waals surface area contributed by atoms with Crippen molar-refractivity contribution in [2.24, 2.45) is 5.92 Å². The molecule has 5 heteroatoms. The number of fused-ring (bicyclic) bond motifs is 1. The summed E-state index contributed by atoms with van der Waals surface area (Å²) in [6, 6.07) is 21.1. The minimum Gasteiger partial charge on any atom is -0.349 e. The second-order valence-electron chi connectivity index (χ2n) is 8.52. The summed E-state index contributed by atoms with van der Waals surface area (Å²) >= 11 is 1.60. The Morgan fingerprint density at radius 3 is 2.39 bits per heavy atom. The summed E-state index contributed by atoms with van der Waals surface area (Å²) in [6.45, 7) is 6.81. The number of nitrogens with one attached hydrogen (secondary N) is 1. The summed E-state index contributed by atoms with van der Waals surface area (Å²) in [7, 11) is 0. The molecule has 1 aliphatic heterocycles. The Kier molecular flexibility index (Phi) is 6.23. The van der Waals surface area contributed by atoms with E-state index >= 15 is 0 Å². The molecule has 0 fully saturated rings. The summed E-state index contributed by atoms with van der Waals surface area (Å²) in [5.74, 6) is -0.215. The minimum absolute atomic E-state index is 0.00265. The maximum Gasteiger partial charge on any atom is 0.254 e. The van der Waals surface area contributed by atoms with E-state index < -0.39 is 5.92 Å². The summed E-state index contributed by atoms with van der Waals surface area (Å²) in [4.78, 5) is 30.1. The lowest BCUT2D eigenvalue weighted by atomic mass is 9.81. The van der Waals surface area contributed by atoms with Crippen molar-refractivity contribution in [3.05, 3.63) is 93.7 Å². The van der Waals surface area contributed by atoms with Crippen LogP contribution in [-0.4, -0.2) is 23.3 Å². The number of hydrogen-bond acceptors (Lipinski definition) is 3. The first-order chi connectivity index (χ1) is 15.0. The molecule has 0 spiro atoms. The lowest BCUT2D eigenvalue weighted by Crippen LogP contribution is -2.48. The third-order valence-electron chi connectivity index (χ3n) is 5.78. The van der Waals surface area contributed by atoms with Crippen molar-refractivity contribution in [3.63, 3.8) is 0 Å². The van der Waals surface area contributed by atoms with Gasteiger partial charge in [-0.15, -0.1) is 11.3 Å². The summed E-state index contributed by atoms with van der Waals surface area (Å²) < 4.78 is 0. The molecule has 2 amide bonds. The molecule has 0 unspecified atom stereocenters. The van der Waals surface area contributed by atoms with E-state index in [9.17, 15) is 9.59 Å². The first-order valence-electron chi connectivity index (χ1n) is 10.8. The fourth-order valence-electron chi connectivity index (χ4n) is 4.37. The second-order valence-corrected chi connectivity index (χ2v) is 9.50. The van der Waals surface area contributed by atoms with Crippen molar-refractivity contribution in [2.75, 3.05) is 6.54 Å². The number of nitrogens with zero attached hydrogens (tertiary/aromatic N) is 1. The number of benzene rings is 2. The van der Waals surface area contributed by atoms with Gasteiger partial charge in [0.05, 0.1) is 18.0 Å². The molecule has 3 atom stereocenters. The predicted octanol–water partition coefficient (Wildman–Crippen LogP) is 5.56. The van der Waals surface area contributed by atoms with Gasteiger partial charge in [-0.3, -0.25) is 9.59 Å². The minimum atomic E-state index is -0.461. The summed E-state index contributed by atoms with van der Waals surface area (Å²) in [5.41, 5.74) is 2.50. The first-order valence-corrected chi connectivity index (χ1v) is 11.6. The van der Waals surface area contributed by atoms with E-state index in [1.165, 1.54) is 0 Å². The number of carbonyl (C=O) groups excluding carboxylic acids is 2. The van der Waals surface area contributed by atoms with Crippen molar-refractivity contribution in [3.8, 4) is 0 Å². The van der Waals surface area contributed by atoms with Crippen molar-refractivity contribution in [1.82, 2.24) is 10.2 Å². The highest BCUT2D eigenvalue weighted by atomic mass is 32.1. The molecule has 2 aromatic carbocycles. The number of rotatable bonds is 6. The second kappa shape index (κ2) is 9.06. The van der Waals surface area contributed by atoms with Crippen molar-refractivity contribution in [2.45, 2.75) is 38.8 Å². The molecule has 1 N–H and O–H groups in total. The van der Waals surface area contributed by atoms with Gasteiger partial charge in [-0.25, -0.2) is 0 Å². The predicted molar refractivity (Wildman–Crippen MR) is 125 cm³/mol. The third-order valence-corrected chi connectivity index (χ3v) is 6.72. The quantitative estimate of drug-likeness (QED) is 0.554. The zero-order valence-electron chi connectivity index (χ0n) is 18.1. The number of hydrogen-bond donors (Lipinski definition) is 1. The molecule has 1 aromatic heterocycles. The van der Waals surface area contributed by atoms with Gasteiger partial charge < -0.3 is 10.2 Å². The molecule has 160 valence electrons. The largest absolute Gasteiger partial charge is 0.349 e. The van der Waals surface area contributed by atoms with E-state index in [0.717, 1.165) is 16.0 Å². The summed E-state index contributed by atoms with van der Waals surface area (Å²) in [6.07, 6.45) is 0. The molecular formula is C26H28N2O2S. The van der Waals surface area contributed by atoms with Crippen LogP contribution in [0.25, 0.3) is 0 Å². The zero-order valence-corrected chi connectivity index (χ0v) is 18.9. The Morgan fingerprint density at radius 2 is 1.71 bits per heavy atom. The molecular weight excluding hydrogens is 404 g/mol. The Morgan fingerprint density at radius 1 is 1.00 bits per heavy atom. The van der Waals surface area contributed by atoms with E-state index in [4.69, 9.17) is 0 Å². The Hall–Kier alpha value is -2.92. The van der Waals surface area contributed by atoms with Gasteiger partial charge in [-0.05, 0) is 41.5 Å². The van der Waals surface area contributed by atoms with Crippen molar-refractivity contribution < 1.29 is 9.59 Å². The molecule has 1 aliphatic rings. The SMILES string of the molecule is CC(C)CN1C(=O)c2ccccc2[C@H](C(=O)N[C@@H](C)c2ccccc2)[C@@H]1c1cccs1. The van der Waals surface area contributed by atoms with E-state index in [2.05, 4.69) is 19.2 Å². The Balaban J connectivity index is 1.77. The maximum absolute atomic E-state index is 13.7. The molecule has 4 nitrogen and oxygen atoms in total. The van der Waals surface area contributed by atoms with Crippen LogP contribution in [0.15, 0.2) is 72.1 Å². The van der Waals surface area contributed by atoms with E-state index in [0.29, 0.717) is 18.0 Å². The smallest absolute Gasteiger partial charge is 0.254 e. The summed E-state index contributed by atoms with van der Waals surface area (Å²) in [5, 5.41) is 5.22. The van der Waals surface area contributed by atoms with Gasteiger partial charge in [0.2, 0.25) is 5.91 Å². The van der Waals surface area contributed by atoms with Gasteiger partial charge in [0.1, 0.15) is 0 Å².